The Balaban J connectivity index is 1.88. The van der Waals surface area contributed by atoms with Crippen LogP contribution in [0.1, 0.15) is 5.56 Å². The monoisotopic (exact) mass is 331 g/mol. The molecule has 0 spiro atoms. The molecule has 3 atom stereocenters. The second kappa shape index (κ2) is 6.00. The van der Waals surface area contributed by atoms with Crippen molar-refractivity contribution < 1.29 is 24.4 Å². The van der Waals surface area contributed by atoms with Gasteiger partial charge in [0.15, 0.2) is 0 Å². The van der Waals surface area contributed by atoms with Crippen LogP contribution in [0.3, 0.4) is 0 Å². The van der Waals surface area contributed by atoms with E-state index in [0.717, 1.165) is 0 Å². The van der Waals surface area contributed by atoms with Gasteiger partial charge in [-0.05, 0) is 12.1 Å². The lowest BCUT2D eigenvalue weighted by Crippen LogP contribution is -2.62. The van der Waals surface area contributed by atoms with Crippen LogP contribution in [0.5, 0.6) is 5.75 Å². The van der Waals surface area contributed by atoms with Gasteiger partial charge < -0.3 is 10.2 Å². The van der Waals surface area contributed by atoms with Crippen molar-refractivity contribution in [2.24, 2.45) is 10.9 Å². The lowest BCUT2D eigenvalue weighted by Gasteiger charge is -2.31. The molecule has 2 N–H and O–H groups in total. The van der Waals surface area contributed by atoms with E-state index in [-0.39, 0.29) is 17.6 Å². The number of phenols is 1. The van der Waals surface area contributed by atoms with E-state index in [2.05, 4.69) is 11.6 Å². The molecule has 2 heterocycles. The molecule has 0 saturated heterocycles. The number of carboxylic acids is 1. The highest BCUT2D eigenvalue weighted by atomic mass is 32.2. The van der Waals surface area contributed by atoms with E-state index in [1.54, 1.807) is 24.3 Å². The Morgan fingerprint density at radius 2 is 2.17 bits per heavy atom. The van der Waals surface area contributed by atoms with E-state index in [1.807, 2.05) is 0 Å². The lowest BCUT2D eigenvalue weighted by atomic mass is 9.97. The normalized spacial score (nSPS) is 26.8. The summed E-state index contributed by atoms with van der Waals surface area (Å²) in [5.74, 6) is -1.02. The molecule has 2 aliphatic rings. The Kier molecular flexibility index (Phi) is 4.04. The van der Waals surface area contributed by atoms with Gasteiger partial charge in [0, 0.05) is 17.5 Å². The zero-order chi connectivity index (χ0) is 16.6. The average molecular weight is 331 g/mol. The summed E-state index contributed by atoms with van der Waals surface area (Å²) in [6.07, 6.45) is 3.02. The van der Waals surface area contributed by atoms with Gasteiger partial charge in [0.25, 0.3) is 17.1 Å². The highest BCUT2D eigenvalue weighted by Gasteiger charge is 2.59. The molecule has 23 heavy (non-hydrogen) atoms. The molecule has 2 aliphatic heterocycles. The molecule has 118 valence electrons. The summed E-state index contributed by atoms with van der Waals surface area (Å²) >= 11 is 1.43. The predicted molar refractivity (Wildman–Crippen MR) is 87.3 cm³/mol. The largest absolute Gasteiger partial charge is 0.507 e. The first kappa shape index (κ1) is 15.5. The number of aliphatic carboxylic acids is 1. The summed E-state index contributed by atoms with van der Waals surface area (Å²) in [5.41, 5.74) is 0.513. The third-order valence-electron chi connectivity index (χ3n) is 3.91. The van der Waals surface area contributed by atoms with E-state index in [9.17, 15) is 19.8 Å². The Morgan fingerprint density at radius 1 is 1.43 bits per heavy atom. The number of hydrogen-bond acceptors (Lipinski definition) is 5. The van der Waals surface area contributed by atoms with Gasteiger partial charge in [-0.25, -0.2) is 9.59 Å². The van der Waals surface area contributed by atoms with Crippen LogP contribution in [0.2, 0.25) is 0 Å². The topological polar surface area (TPSA) is 90.0 Å². The van der Waals surface area contributed by atoms with Gasteiger partial charge in [-0.2, -0.15) is 0 Å². The number of benzene rings is 1. The maximum atomic E-state index is 12.3. The van der Waals surface area contributed by atoms with Crippen molar-refractivity contribution in [2.75, 3.05) is 5.75 Å². The number of hydrogen-bond donors (Lipinski definition) is 2. The molecule has 0 radical (unpaired) electrons. The number of carbonyl (C=O) groups excluding carboxylic acids is 1. The first-order chi connectivity index (χ1) is 11.0. The van der Waals surface area contributed by atoms with E-state index < -0.39 is 18.1 Å². The molecule has 3 rings (SSSR count). The number of rotatable bonds is 4. The third kappa shape index (κ3) is 2.57. The van der Waals surface area contributed by atoms with Crippen molar-refractivity contribution in [1.29, 1.82) is 0 Å². The molecule has 1 aromatic rings. The number of para-hydroxylation sites is 1. The first-order valence-electron chi connectivity index (χ1n) is 7.04. The molecule has 3 unspecified atom stereocenters. The second-order valence-electron chi connectivity index (χ2n) is 5.28. The van der Waals surface area contributed by atoms with E-state index in [0.29, 0.717) is 16.4 Å². The van der Waals surface area contributed by atoms with Crippen LogP contribution in [-0.2, 0) is 9.59 Å². The minimum absolute atomic E-state index is 0.0799. The molecule has 1 amide bonds. The molecule has 0 bridgehead atoms. The Morgan fingerprint density at radius 3 is 2.83 bits per heavy atom. The van der Waals surface area contributed by atoms with Gasteiger partial charge in [-0.3, -0.25) is 4.99 Å². The summed E-state index contributed by atoms with van der Waals surface area (Å²) in [6.45, 7) is 3.65. The van der Waals surface area contributed by atoms with Crippen molar-refractivity contribution in [1.82, 2.24) is 0 Å². The van der Waals surface area contributed by atoms with Crippen LogP contribution in [0, 0.1) is 5.92 Å². The number of phenolic OH excluding ortho intramolecular Hbond substituents is 1. The average Bonchev–Trinajstić information content (AvgIpc) is 2.55. The molecule has 0 aliphatic carbocycles. The van der Waals surface area contributed by atoms with Crippen molar-refractivity contribution in [3.05, 3.63) is 42.5 Å². The van der Waals surface area contributed by atoms with Crippen LogP contribution in [0.25, 0.3) is 0 Å². The van der Waals surface area contributed by atoms with Gasteiger partial charge in [0.1, 0.15) is 5.75 Å². The summed E-state index contributed by atoms with van der Waals surface area (Å²) < 4.78 is 1.30. The fourth-order valence-electron chi connectivity index (χ4n) is 2.67. The molecular formula is C16H15N2O4S+. The van der Waals surface area contributed by atoms with Gasteiger partial charge in [0.05, 0.1) is 5.92 Å². The van der Waals surface area contributed by atoms with Crippen molar-refractivity contribution in [3.8, 4) is 5.75 Å². The zero-order valence-electron chi connectivity index (χ0n) is 12.1. The summed E-state index contributed by atoms with van der Waals surface area (Å²) in [4.78, 5) is 28.0. The van der Waals surface area contributed by atoms with E-state index in [4.69, 9.17) is 0 Å². The number of nitrogens with zero attached hydrogens (tertiary/aromatic N) is 2. The fraction of sp³-hybridized carbons (Fsp3) is 0.250. The van der Waals surface area contributed by atoms with Crippen LogP contribution in [0.4, 0.5) is 0 Å². The highest BCUT2D eigenvalue weighted by Crippen LogP contribution is 2.33. The smallest absolute Gasteiger partial charge is 0.424 e. The molecule has 0 fully saturated rings. The molecule has 1 aromatic carbocycles. The summed E-state index contributed by atoms with van der Waals surface area (Å²) in [5, 5.41) is 19.7. The van der Waals surface area contributed by atoms with Crippen LogP contribution in [-0.4, -0.2) is 55.8 Å². The van der Waals surface area contributed by atoms with Gasteiger partial charge >= 0.3 is 11.9 Å². The summed E-state index contributed by atoms with van der Waals surface area (Å²) in [7, 11) is 0. The van der Waals surface area contributed by atoms with Gasteiger partial charge in [-0.1, -0.05) is 30.0 Å². The van der Waals surface area contributed by atoms with Crippen LogP contribution in [0.15, 0.2) is 41.9 Å². The Labute approximate surface area is 136 Å². The standard InChI is InChI=1S/C16H14N2O4S/c1-2-9-8-23-15-12(14(20)18(15)13(9)16(21)22)17-7-10-5-3-4-6-11(10)19/h2-7,9,12-13H,1,8H2,(H-,17,19,21,22)/p+1. The molecular weight excluding hydrogens is 316 g/mol. The second-order valence-corrected chi connectivity index (χ2v) is 6.32. The quantitative estimate of drug-likeness (QED) is 0.490. The fourth-order valence-corrected chi connectivity index (χ4v) is 4.01. The van der Waals surface area contributed by atoms with Crippen LogP contribution < -0.4 is 0 Å². The van der Waals surface area contributed by atoms with Gasteiger partial charge in [0.2, 0.25) is 0 Å². The number of aliphatic imine (C=N–C) groups is 1. The minimum atomic E-state index is -1.04. The number of carbonyl (C=O) groups is 2. The number of aromatic hydroxyl groups is 1. The summed E-state index contributed by atoms with van der Waals surface area (Å²) in [6, 6.07) is 5.08. The third-order valence-corrected chi connectivity index (χ3v) is 5.17. The molecule has 0 aromatic heterocycles. The Bertz CT molecular complexity index is 756. The number of carboxylic acid groups (broad SMARTS) is 1. The van der Waals surface area contributed by atoms with Crippen molar-refractivity contribution in [2.45, 2.75) is 12.1 Å². The maximum Gasteiger partial charge on any atom is 0.424 e. The molecule has 6 nitrogen and oxygen atoms in total. The minimum Gasteiger partial charge on any atom is -0.507 e. The van der Waals surface area contributed by atoms with Crippen molar-refractivity contribution in [3.63, 3.8) is 0 Å². The number of thioether (sulfide) groups is 1. The lowest BCUT2D eigenvalue weighted by molar-refractivity contribution is -0.500. The van der Waals surface area contributed by atoms with E-state index in [1.165, 1.54) is 28.6 Å². The SMILES string of the molecule is C=CC1CSC2=[N+](C(=O)C2N=Cc2ccccc2O)C1C(=O)O. The highest BCUT2D eigenvalue weighted by molar-refractivity contribution is 8.14. The van der Waals surface area contributed by atoms with Crippen molar-refractivity contribution >= 4 is 34.9 Å². The maximum absolute atomic E-state index is 12.3. The molecule has 0 saturated carbocycles. The van der Waals surface area contributed by atoms with Crippen LogP contribution >= 0.6 is 11.8 Å². The predicted octanol–water partition coefficient (Wildman–Crippen LogP) is 1.13. The molecule has 7 heteroatoms. The van der Waals surface area contributed by atoms with Gasteiger partial charge in [-0.15, -0.1) is 11.2 Å². The van der Waals surface area contributed by atoms with E-state index >= 15 is 0 Å². The first-order valence-corrected chi connectivity index (χ1v) is 8.02. The number of amides is 1. The Hall–Kier alpha value is -2.41. The zero-order valence-corrected chi connectivity index (χ0v) is 12.9.